The van der Waals surface area contributed by atoms with Crippen molar-refractivity contribution in [3.8, 4) is 11.5 Å². The first-order chi connectivity index (χ1) is 18.1. The number of alkyl halides is 3. The fourth-order valence-electron chi connectivity index (χ4n) is 6.37. The zero-order valence-electron chi connectivity index (χ0n) is 21.4. The summed E-state index contributed by atoms with van der Waals surface area (Å²) >= 11 is 0. The molecule has 9 heteroatoms. The molecule has 0 aromatic heterocycles. The Morgan fingerprint density at radius 1 is 0.763 bits per heavy atom. The summed E-state index contributed by atoms with van der Waals surface area (Å²) in [6, 6.07) is 2.44. The molecule has 2 aliphatic carbocycles. The van der Waals surface area contributed by atoms with Gasteiger partial charge in [-0.05, 0) is 79.9 Å². The van der Waals surface area contributed by atoms with Crippen LogP contribution in [0.25, 0.3) is 0 Å². The number of benzene rings is 2. The van der Waals surface area contributed by atoms with E-state index in [2.05, 4.69) is 16.4 Å². The molecule has 0 bridgehead atoms. The van der Waals surface area contributed by atoms with Gasteiger partial charge in [-0.3, -0.25) is 0 Å². The smallest absolute Gasteiger partial charge is 0.432 e. The highest BCUT2D eigenvalue weighted by Crippen LogP contribution is 2.45. The van der Waals surface area contributed by atoms with Crippen molar-refractivity contribution in [1.29, 1.82) is 0 Å². The van der Waals surface area contributed by atoms with Gasteiger partial charge in [0.1, 0.15) is 22.9 Å². The molecule has 210 valence electrons. The van der Waals surface area contributed by atoms with Gasteiger partial charge >= 0.3 is 6.11 Å². The van der Waals surface area contributed by atoms with Crippen LogP contribution in [0.3, 0.4) is 0 Å². The van der Waals surface area contributed by atoms with Gasteiger partial charge in [-0.1, -0.05) is 32.6 Å². The molecule has 0 atom stereocenters. The summed E-state index contributed by atoms with van der Waals surface area (Å²) in [4.78, 5) is 0. The van der Waals surface area contributed by atoms with Gasteiger partial charge in [-0.25, -0.2) is 22.0 Å². The molecule has 0 unspecified atom stereocenters. The van der Waals surface area contributed by atoms with Crippen molar-refractivity contribution in [1.82, 2.24) is 0 Å². The topological polar surface area (TPSA) is 18.5 Å². The van der Waals surface area contributed by atoms with Crippen LogP contribution in [0.2, 0.25) is 0 Å². The van der Waals surface area contributed by atoms with Crippen LogP contribution in [-0.4, -0.2) is 6.86 Å². The minimum atomic E-state index is -4.57. The van der Waals surface area contributed by atoms with E-state index in [1.165, 1.54) is 38.5 Å². The maximum Gasteiger partial charge on any atom is 0.432 e. The van der Waals surface area contributed by atoms with Gasteiger partial charge in [0.05, 0.1) is 0 Å². The van der Waals surface area contributed by atoms with E-state index in [0.29, 0.717) is 29.5 Å². The molecule has 2 fully saturated rings. The van der Waals surface area contributed by atoms with E-state index in [1.54, 1.807) is 0 Å². The zero-order chi connectivity index (χ0) is 27.4. The van der Waals surface area contributed by atoms with E-state index in [1.807, 2.05) is 0 Å². The highest BCUT2D eigenvalue weighted by molar-refractivity contribution is 5.36. The summed E-state index contributed by atoms with van der Waals surface area (Å²) in [5, 5.41) is 0. The lowest BCUT2D eigenvalue weighted by Gasteiger charge is -2.38. The van der Waals surface area contributed by atoms with E-state index >= 15 is 0 Å². The van der Waals surface area contributed by atoms with Crippen LogP contribution in [0.5, 0.6) is 11.5 Å². The quantitative estimate of drug-likeness (QED) is 0.292. The van der Waals surface area contributed by atoms with Gasteiger partial charge in [0.2, 0.25) is 6.86 Å². The highest BCUT2D eigenvalue weighted by Gasteiger charge is 2.42. The first-order valence-corrected chi connectivity index (χ1v) is 13.4. The van der Waals surface area contributed by atoms with Crippen molar-refractivity contribution in [3.05, 3.63) is 58.7 Å². The van der Waals surface area contributed by atoms with Crippen LogP contribution in [0, 0.1) is 41.0 Å². The van der Waals surface area contributed by atoms with Crippen LogP contribution in [0.4, 0.5) is 30.7 Å². The summed E-state index contributed by atoms with van der Waals surface area (Å²) in [6.45, 7) is 0.669. The van der Waals surface area contributed by atoms with Crippen molar-refractivity contribution in [2.24, 2.45) is 17.8 Å². The van der Waals surface area contributed by atoms with Crippen molar-refractivity contribution >= 4 is 0 Å². The Morgan fingerprint density at radius 3 is 1.79 bits per heavy atom. The molecule has 4 rings (SSSR count). The Labute approximate surface area is 218 Å². The number of hydrogen-bond acceptors (Lipinski definition) is 2. The minimum Gasteiger partial charge on any atom is -0.457 e. The lowest BCUT2D eigenvalue weighted by Crippen LogP contribution is -2.27. The third-order valence-electron chi connectivity index (χ3n) is 8.27. The Kier molecular flexibility index (Phi) is 9.14. The van der Waals surface area contributed by atoms with Crippen LogP contribution in [0.1, 0.15) is 88.2 Å². The Balaban J connectivity index is 1.42. The predicted octanol–water partition coefficient (Wildman–Crippen LogP) is 9.56. The Morgan fingerprint density at radius 2 is 1.29 bits per heavy atom. The average molecular weight is 547 g/mol. The zero-order valence-corrected chi connectivity index (χ0v) is 21.4. The van der Waals surface area contributed by atoms with Crippen molar-refractivity contribution in [2.45, 2.75) is 83.2 Å². The van der Waals surface area contributed by atoms with E-state index in [-0.39, 0.29) is 5.92 Å². The summed E-state index contributed by atoms with van der Waals surface area (Å²) in [7, 11) is 0. The number of hydrogen-bond donors (Lipinski definition) is 0. The molecule has 0 N–H and O–H groups in total. The van der Waals surface area contributed by atoms with E-state index in [0.717, 1.165) is 43.7 Å². The maximum absolute atomic E-state index is 14.8. The molecular weight excluding hydrogens is 513 g/mol. The molecule has 0 amide bonds. The lowest BCUT2D eigenvalue weighted by molar-refractivity contribution is -0.189. The standard InChI is InChI=1S/C29H33F7O2/c1-2-3-17-4-6-18(7-5-17)19-8-10-20(11-9-19)21-12-23(31)27(24(32)13-21)29(35,36)38-22-14-25(33)28(37-16-30)26(34)15-22/h12-15,17-20H,2-11,16H2,1H3. The molecule has 0 radical (unpaired) electrons. The van der Waals surface area contributed by atoms with Crippen LogP contribution in [-0.2, 0) is 6.11 Å². The fraction of sp³-hybridized carbons (Fsp3) is 0.586. The monoisotopic (exact) mass is 546 g/mol. The Hall–Kier alpha value is -2.45. The van der Waals surface area contributed by atoms with Gasteiger partial charge in [0.25, 0.3) is 0 Å². The molecule has 0 saturated heterocycles. The van der Waals surface area contributed by atoms with E-state index < -0.39 is 53.3 Å². The minimum absolute atomic E-state index is 0.137. The molecule has 2 aromatic carbocycles. The summed E-state index contributed by atoms with van der Waals surface area (Å²) < 4.78 is 108. The number of ether oxygens (including phenoxy) is 2. The van der Waals surface area contributed by atoms with E-state index in [9.17, 15) is 30.7 Å². The van der Waals surface area contributed by atoms with Crippen LogP contribution in [0.15, 0.2) is 24.3 Å². The summed E-state index contributed by atoms with van der Waals surface area (Å²) in [6.07, 6.45) is 6.27. The van der Waals surface area contributed by atoms with Crippen molar-refractivity contribution in [3.63, 3.8) is 0 Å². The average Bonchev–Trinajstić information content (AvgIpc) is 2.86. The van der Waals surface area contributed by atoms with Crippen LogP contribution >= 0.6 is 0 Å². The first-order valence-electron chi connectivity index (χ1n) is 13.4. The SMILES string of the molecule is CCCC1CCC(C2CCC(c3cc(F)c(C(F)(F)Oc4cc(F)c(OCF)c(F)c4)c(F)c3)CC2)CC1. The number of rotatable bonds is 9. The summed E-state index contributed by atoms with van der Waals surface area (Å²) in [5.74, 6) is -6.22. The second-order valence-corrected chi connectivity index (χ2v) is 10.6. The van der Waals surface area contributed by atoms with Crippen molar-refractivity contribution < 1.29 is 40.2 Å². The molecule has 2 saturated carbocycles. The van der Waals surface area contributed by atoms with Gasteiger partial charge in [-0.15, -0.1) is 0 Å². The van der Waals surface area contributed by atoms with E-state index in [4.69, 9.17) is 0 Å². The highest BCUT2D eigenvalue weighted by atomic mass is 19.3. The van der Waals surface area contributed by atoms with Gasteiger partial charge in [-0.2, -0.15) is 8.78 Å². The molecule has 0 aliphatic heterocycles. The van der Waals surface area contributed by atoms with Crippen LogP contribution < -0.4 is 9.47 Å². The molecule has 2 aromatic rings. The normalized spacial score (nSPS) is 24.3. The first kappa shape index (κ1) is 28.6. The summed E-state index contributed by atoms with van der Waals surface area (Å²) in [5.41, 5.74) is -1.34. The number of halogens is 7. The predicted molar refractivity (Wildman–Crippen MR) is 129 cm³/mol. The molecule has 0 heterocycles. The molecule has 2 aliphatic rings. The third-order valence-corrected chi connectivity index (χ3v) is 8.27. The lowest BCUT2D eigenvalue weighted by atomic mass is 9.68. The second-order valence-electron chi connectivity index (χ2n) is 10.6. The molecule has 2 nitrogen and oxygen atoms in total. The van der Waals surface area contributed by atoms with Gasteiger partial charge < -0.3 is 9.47 Å². The molecule has 0 spiro atoms. The van der Waals surface area contributed by atoms with Gasteiger partial charge in [0, 0.05) is 12.1 Å². The molecule has 38 heavy (non-hydrogen) atoms. The van der Waals surface area contributed by atoms with Gasteiger partial charge in [0.15, 0.2) is 17.4 Å². The maximum atomic E-state index is 14.8. The third kappa shape index (κ3) is 6.40. The van der Waals surface area contributed by atoms with Crippen molar-refractivity contribution in [2.75, 3.05) is 6.86 Å². The molecular formula is C29H33F7O2. The second kappa shape index (κ2) is 12.2. The fourth-order valence-corrected chi connectivity index (χ4v) is 6.37. The largest absolute Gasteiger partial charge is 0.457 e. The Bertz CT molecular complexity index is 1040.